The summed E-state index contributed by atoms with van der Waals surface area (Å²) in [6.07, 6.45) is 0. The van der Waals surface area contributed by atoms with E-state index >= 15 is 0 Å². The summed E-state index contributed by atoms with van der Waals surface area (Å²) in [5.41, 5.74) is 1.56. The first-order chi connectivity index (χ1) is 12.8. The van der Waals surface area contributed by atoms with Gasteiger partial charge in [0, 0.05) is 4.88 Å². The van der Waals surface area contributed by atoms with E-state index in [1.807, 2.05) is 25.3 Å². The summed E-state index contributed by atoms with van der Waals surface area (Å²) in [5.74, 6) is 0.342. The third kappa shape index (κ3) is 5.41. The van der Waals surface area contributed by atoms with Crippen molar-refractivity contribution in [2.75, 3.05) is 6.54 Å². The van der Waals surface area contributed by atoms with Crippen molar-refractivity contribution in [2.24, 2.45) is 5.92 Å². The van der Waals surface area contributed by atoms with Crippen molar-refractivity contribution in [2.45, 2.75) is 52.1 Å². The molecule has 0 aliphatic heterocycles. The Bertz CT molecular complexity index is 775. The van der Waals surface area contributed by atoms with Gasteiger partial charge in [-0.25, -0.2) is 0 Å². The average Bonchev–Trinajstić information content (AvgIpc) is 3.16. The van der Waals surface area contributed by atoms with Gasteiger partial charge in [-0.15, -0.1) is 11.3 Å². The molecule has 0 fully saturated rings. The molecule has 2 rings (SSSR count). The van der Waals surface area contributed by atoms with Crippen molar-refractivity contribution in [3.8, 4) is 6.07 Å². The molecule has 27 heavy (non-hydrogen) atoms. The number of thiophene rings is 1. The van der Waals surface area contributed by atoms with Gasteiger partial charge in [0.1, 0.15) is 5.54 Å². The van der Waals surface area contributed by atoms with E-state index in [1.54, 1.807) is 18.3 Å². The zero-order valence-corrected chi connectivity index (χ0v) is 17.6. The lowest BCUT2D eigenvalue weighted by atomic mass is 9.90. The molecule has 0 saturated carbocycles. The minimum Gasteiger partial charge on any atom is -0.337 e. The molecule has 0 bridgehead atoms. The Kier molecular flexibility index (Phi) is 7.18. The lowest BCUT2D eigenvalue weighted by molar-refractivity contribution is -0.121. The molecule has 144 valence electrons. The first-order valence-electron chi connectivity index (χ1n) is 9.35. The van der Waals surface area contributed by atoms with E-state index < -0.39 is 5.54 Å². The van der Waals surface area contributed by atoms with E-state index in [9.17, 15) is 10.1 Å². The second-order valence-electron chi connectivity index (χ2n) is 7.67. The van der Waals surface area contributed by atoms with Crippen LogP contribution in [0.4, 0.5) is 0 Å². The van der Waals surface area contributed by atoms with Gasteiger partial charge in [0.25, 0.3) is 0 Å². The minimum atomic E-state index is -0.865. The topological polar surface area (TPSA) is 64.9 Å². The van der Waals surface area contributed by atoms with Crippen LogP contribution in [-0.2, 0) is 4.79 Å². The smallest absolute Gasteiger partial charge is 0.235 e. The van der Waals surface area contributed by atoms with Gasteiger partial charge in [0.15, 0.2) is 0 Å². The van der Waals surface area contributed by atoms with Gasteiger partial charge in [0.05, 0.1) is 18.7 Å². The third-order valence-corrected chi connectivity index (χ3v) is 5.95. The van der Waals surface area contributed by atoms with Crippen molar-refractivity contribution in [1.29, 1.82) is 5.26 Å². The minimum absolute atomic E-state index is 0.0307. The lowest BCUT2D eigenvalue weighted by Crippen LogP contribution is -2.51. The Balaban J connectivity index is 2.13. The average molecular weight is 384 g/mol. The van der Waals surface area contributed by atoms with Gasteiger partial charge in [0.2, 0.25) is 5.91 Å². The number of nitrogens with zero attached hydrogens (tertiary/aromatic N) is 1. The van der Waals surface area contributed by atoms with Gasteiger partial charge < -0.3 is 5.32 Å². The summed E-state index contributed by atoms with van der Waals surface area (Å²) >= 11 is 1.66. The van der Waals surface area contributed by atoms with Crippen LogP contribution in [-0.4, -0.2) is 18.0 Å². The van der Waals surface area contributed by atoms with Crippen LogP contribution in [0.1, 0.15) is 62.6 Å². The molecule has 0 radical (unpaired) electrons. The number of benzene rings is 1. The molecule has 1 heterocycles. The molecule has 0 saturated heterocycles. The summed E-state index contributed by atoms with van der Waals surface area (Å²) < 4.78 is 0. The molecule has 2 N–H and O–H groups in total. The molecule has 4 nitrogen and oxygen atoms in total. The second-order valence-corrected chi connectivity index (χ2v) is 8.65. The molecule has 5 heteroatoms. The van der Waals surface area contributed by atoms with Crippen molar-refractivity contribution in [3.63, 3.8) is 0 Å². The Morgan fingerprint density at radius 1 is 1.15 bits per heavy atom. The fourth-order valence-electron chi connectivity index (χ4n) is 2.74. The number of nitriles is 1. The van der Waals surface area contributed by atoms with Crippen LogP contribution in [0.5, 0.6) is 0 Å². The Morgan fingerprint density at radius 2 is 1.78 bits per heavy atom. The summed E-state index contributed by atoms with van der Waals surface area (Å²) in [6.45, 7) is 10.1. The molecule has 1 aromatic heterocycles. The number of rotatable bonds is 8. The maximum absolute atomic E-state index is 12.4. The van der Waals surface area contributed by atoms with Crippen LogP contribution in [0.15, 0.2) is 41.8 Å². The highest BCUT2D eigenvalue weighted by Crippen LogP contribution is 2.27. The highest BCUT2D eigenvalue weighted by Gasteiger charge is 2.30. The maximum Gasteiger partial charge on any atom is 0.235 e. The van der Waals surface area contributed by atoms with E-state index in [0.29, 0.717) is 5.92 Å². The zero-order chi connectivity index (χ0) is 20.0. The van der Waals surface area contributed by atoms with Gasteiger partial charge in [-0.3, -0.25) is 10.1 Å². The molecule has 0 unspecified atom stereocenters. The number of hydrogen-bond donors (Lipinski definition) is 2. The van der Waals surface area contributed by atoms with Gasteiger partial charge in [-0.05, 0) is 41.3 Å². The molecule has 2 atom stereocenters. The maximum atomic E-state index is 12.4. The van der Waals surface area contributed by atoms with Crippen LogP contribution in [0.3, 0.4) is 0 Å². The Labute approximate surface area is 166 Å². The molecule has 2 aromatic rings. The molecule has 0 spiro atoms. The van der Waals surface area contributed by atoms with Crippen molar-refractivity contribution in [3.05, 3.63) is 57.8 Å². The van der Waals surface area contributed by atoms with Crippen LogP contribution in [0, 0.1) is 17.2 Å². The molecule has 1 aromatic carbocycles. The number of hydrogen-bond acceptors (Lipinski definition) is 4. The SMILES string of the molecule is CC(C)c1ccc([C@@H](NCC(=O)N[C@@](C)(C#N)C(C)C)c2cccs2)cc1. The summed E-state index contributed by atoms with van der Waals surface area (Å²) in [4.78, 5) is 13.6. The van der Waals surface area contributed by atoms with Crippen molar-refractivity contribution in [1.82, 2.24) is 10.6 Å². The van der Waals surface area contributed by atoms with E-state index in [0.717, 1.165) is 10.4 Å². The normalized spacial score (nSPS) is 14.6. The van der Waals surface area contributed by atoms with Crippen LogP contribution < -0.4 is 10.6 Å². The predicted molar refractivity (Wildman–Crippen MR) is 112 cm³/mol. The van der Waals surface area contributed by atoms with Crippen LogP contribution in [0.25, 0.3) is 0 Å². The fraction of sp³-hybridized carbons (Fsp3) is 0.455. The van der Waals surface area contributed by atoms with E-state index in [2.05, 4.69) is 60.9 Å². The highest BCUT2D eigenvalue weighted by molar-refractivity contribution is 7.10. The number of carbonyl (C=O) groups is 1. The van der Waals surface area contributed by atoms with Crippen molar-refractivity contribution >= 4 is 17.2 Å². The quantitative estimate of drug-likeness (QED) is 0.700. The Morgan fingerprint density at radius 3 is 2.26 bits per heavy atom. The molecule has 1 amide bonds. The van der Waals surface area contributed by atoms with Gasteiger partial charge >= 0.3 is 0 Å². The molecular formula is C22H29N3OS. The van der Waals surface area contributed by atoms with E-state index in [4.69, 9.17) is 0 Å². The fourth-order valence-corrected chi connectivity index (χ4v) is 3.57. The number of nitrogens with one attached hydrogen (secondary N) is 2. The summed E-state index contributed by atoms with van der Waals surface area (Å²) in [6, 6.07) is 14.8. The number of carbonyl (C=O) groups excluding carboxylic acids is 1. The van der Waals surface area contributed by atoms with Crippen LogP contribution in [0.2, 0.25) is 0 Å². The third-order valence-electron chi connectivity index (χ3n) is 5.02. The van der Waals surface area contributed by atoms with Crippen molar-refractivity contribution < 1.29 is 4.79 Å². The predicted octanol–water partition coefficient (Wildman–Crippen LogP) is 4.60. The monoisotopic (exact) mass is 383 g/mol. The first-order valence-corrected chi connectivity index (χ1v) is 10.2. The molecule has 0 aliphatic carbocycles. The Hall–Kier alpha value is -2.16. The largest absolute Gasteiger partial charge is 0.337 e. The first kappa shape index (κ1) is 21.1. The summed E-state index contributed by atoms with van der Waals surface area (Å²) in [7, 11) is 0. The van der Waals surface area contributed by atoms with Gasteiger partial charge in [-0.1, -0.05) is 58.0 Å². The number of amides is 1. The molecular weight excluding hydrogens is 354 g/mol. The lowest BCUT2D eigenvalue weighted by Gasteiger charge is -2.28. The molecule has 0 aliphatic rings. The van der Waals surface area contributed by atoms with E-state index in [1.165, 1.54) is 5.56 Å². The van der Waals surface area contributed by atoms with Crippen LogP contribution >= 0.6 is 11.3 Å². The highest BCUT2D eigenvalue weighted by atomic mass is 32.1. The summed E-state index contributed by atoms with van der Waals surface area (Å²) in [5, 5.41) is 17.7. The van der Waals surface area contributed by atoms with E-state index in [-0.39, 0.29) is 24.4 Å². The van der Waals surface area contributed by atoms with Gasteiger partial charge in [-0.2, -0.15) is 5.26 Å². The standard InChI is InChI=1S/C22H29N3OS/c1-15(2)17-8-10-18(11-9-17)21(19-7-6-12-27-19)24-13-20(26)25-22(5,14-23)16(3)4/h6-12,15-16,21,24H,13H2,1-5H3,(H,25,26)/t21-,22+/m1/s1. The zero-order valence-electron chi connectivity index (χ0n) is 16.7. The second kappa shape index (κ2) is 9.16.